The summed E-state index contributed by atoms with van der Waals surface area (Å²) in [7, 11) is 0. The normalized spacial score (nSPS) is 28.6. The molecule has 0 aromatic heterocycles. The Bertz CT molecular complexity index is 196. The Morgan fingerprint density at radius 1 is 1.70 bits per heavy atom. The number of hydrogen-bond donors (Lipinski definition) is 1. The van der Waals surface area contributed by atoms with Crippen molar-refractivity contribution >= 4 is 5.91 Å². The van der Waals surface area contributed by atoms with Gasteiger partial charge >= 0.3 is 0 Å². The minimum Gasteiger partial charge on any atom is -0.369 e. The molecule has 3 heteroatoms. The second kappa shape index (κ2) is 3.01. The predicted octanol–water partition coefficient (Wildman–Crippen LogP) is -0.186. The van der Waals surface area contributed by atoms with Crippen LogP contribution >= 0.6 is 0 Å². The van der Waals surface area contributed by atoms with Gasteiger partial charge in [0.2, 0.25) is 5.91 Å². The molecule has 1 saturated heterocycles. The van der Waals surface area contributed by atoms with Crippen molar-refractivity contribution in [3.05, 3.63) is 0 Å². The molecular formula is C7H14N2O. The second-order valence-electron chi connectivity index (χ2n) is 2.66. The van der Waals surface area contributed by atoms with Crippen molar-refractivity contribution in [2.24, 2.45) is 11.7 Å². The minimum atomic E-state index is -2.03. The van der Waals surface area contributed by atoms with E-state index >= 15 is 0 Å². The zero-order chi connectivity index (χ0) is 10.1. The standard InChI is InChI=1S/C7H14N2O/c1-9-4-2-6(3-5-9)7(8)10/h6H,2-5H2,1H3,(H2,8,10)/i1D3. The van der Waals surface area contributed by atoms with Gasteiger partial charge in [-0.3, -0.25) is 4.79 Å². The van der Waals surface area contributed by atoms with Gasteiger partial charge in [-0.15, -0.1) is 0 Å². The molecule has 1 fully saturated rings. The third kappa shape index (κ3) is 1.70. The maximum absolute atomic E-state index is 10.8. The Morgan fingerprint density at radius 2 is 2.30 bits per heavy atom. The molecule has 2 N–H and O–H groups in total. The second-order valence-corrected chi connectivity index (χ2v) is 2.66. The Kier molecular flexibility index (Phi) is 1.31. The number of nitrogens with two attached hydrogens (primary N) is 1. The van der Waals surface area contributed by atoms with Crippen LogP contribution in [-0.4, -0.2) is 30.9 Å². The maximum Gasteiger partial charge on any atom is 0.220 e. The number of carbonyl (C=O) groups excluding carboxylic acids is 1. The van der Waals surface area contributed by atoms with Crippen LogP contribution < -0.4 is 5.73 Å². The lowest BCUT2D eigenvalue weighted by Crippen LogP contribution is -2.36. The molecule has 0 aliphatic carbocycles. The lowest BCUT2D eigenvalue weighted by atomic mass is 9.97. The van der Waals surface area contributed by atoms with Gasteiger partial charge in [0, 0.05) is 10.0 Å². The molecule has 0 radical (unpaired) electrons. The van der Waals surface area contributed by atoms with Gasteiger partial charge in [-0.25, -0.2) is 0 Å². The van der Waals surface area contributed by atoms with Gasteiger partial charge in [-0.1, -0.05) is 0 Å². The van der Waals surface area contributed by atoms with Crippen LogP contribution in [0.15, 0.2) is 0 Å². The molecule has 3 nitrogen and oxygen atoms in total. The number of primary amides is 1. The van der Waals surface area contributed by atoms with E-state index in [1.54, 1.807) is 0 Å². The Balaban J connectivity index is 2.44. The largest absolute Gasteiger partial charge is 0.369 e. The van der Waals surface area contributed by atoms with Crippen LogP contribution in [0.5, 0.6) is 0 Å². The minimum absolute atomic E-state index is 0.140. The number of carbonyl (C=O) groups is 1. The third-order valence-corrected chi connectivity index (χ3v) is 1.90. The van der Waals surface area contributed by atoms with Gasteiger partial charge < -0.3 is 10.6 Å². The fourth-order valence-corrected chi connectivity index (χ4v) is 1.16. The van der Waals surface area contributed by atoms with Crippen molar-refractivity contribution in [1.82, 2.24) is 4.90 Å². The highest BCUT2D eigenvalue weighted by atomic mass is 16.1. The van der Waals surface area contributed by atoms with Crippen molar-refractivity contribution in [3.63, 3.8) is 0 Å². The van der Waals surface area contributed by atoms with Crippen LogP contribution in [0.4, 0.5) is 0 Å². The number of rotatable bonds is 1. The smallest absolute Gasteiger partial charge is 0.220 e. The summed E-state index contributed by atoms with van der Waals surface area (Å²) in [6.07, 6.45) is 1.13. The van der Waals surface area contributed by atoms with Crippen LogP contribution in [-0.2, 0) is 4.79 Å². The zero-order valence-electron chi connectivity index (χ0n) is 8.84. The quantitative estimate of drug-likeness (QED) is 0.556. The Hall–Kier alpha value is -0.570. The summed E-state index contributed by atoms with van der Waals surface area (Å²) < 4.78 is 21.4. The Labute approximate surface area is 65.4 Å². The van der Waals surface area contributed by atoms with E-state index in [1.165, 1.54) is 4.90 Å². The molecule has 1 amide bonds. The molecule has 10 heavy (non-hydrogen) atoms. The highest BCUT2D eigenvalue weighted by molar-refractivity contribution is 5.76. The first kappa shape index (κ1) is 4.34. The van der Waals surface area contributed by atoms with Crippen LogP contribution in [0.3, 0.4) is 0 Å². The summed E-state index contributed by atoms with van der Waals surface area (Å²) in [5, 5.41) is 0. The first-order chi connectivity index (χ1) is 5.91. The molecule has 0 spiro atoms. The summed E-state index contributed by atoms with van der Waals surface area (Å²) in [5.41, 5.74) is 5.12. The number of piperidine rings is 1. The zero-order valence-corrected chi connectivity index (χ0v) is 5.84. The molecule has 0 atom stereocenters. The Morgan fingerprint density at radius 3 is 2.70 bits per heavy atom. The summed E-state index contributed by atoms with van der Waals surface area (Å²) in [6.45, 7) is -1.16. The lowest BCUT2D eigenvalue weighted by Gasteiger charge is -2.26. The topological polar surface area (TPSA) is 46.3 Å². The average Bonchev–Trinajstić information content (AvgIpc) is 2.03. The van der Waals surface area contributed by atoms with E-state index in [-0.39, 0.29) is 11.8 Å². The molecule has 1 heterocycles. The van der Waals surface area contributed by atoms with Gasteiger partial charge in [-0.2, -0.15) is 0 Å². The fraction of sp³-hybridized carbons (Fsp3) is 0.857. The molecule has 1 aliphatic rings. The van der Waals surface area contributed by atoms with E-state index in [9.17, 15) is 4.79 Å². The lowest BCUT2D eigenvalue weighted by molar-refractivity contribution is -0.123. The molecule has 1 aliphatic heterocycles. The van der Waals surface area contributed by atoms with Crippen molar-refractivity contribution < 1.29 is 8.91 Å². The van der Waals surface area contributed by atoms with E-state index in [4.69, 9.17) is 9.85 Å². The van der Waals surface area contributed by atoms with Crippen LogP contribution in [0, 0.1) is 5.92 Å². The van der Waals surface area contributed by atoms with Gasteiger partial charge in [0.15, 0.2) is 0 Å². The first-order valence-corrected chi connectivity index (χ1v) is 3.45. The predicted molar refractivity (Wildman–Crippen MR) is 39.4 cm³/mol. The molecule has 0 aromatic rings. The van der Waals surface area contributed by atoms with Crippen molar-refractivity contribution in [2.45, 2.75) is 12.8 Å². The highest BCUT2D eigenvalue weighted by Gasteiger charge is 2.20. The number of amides is 1. The summed E-state index contributed by atoms with van der Waals surface area (Å²) in [5.74, 6) is -0.455. The van der Waals surface area contributed by atoms with Gasteiger partial charge in [0.25, 0.3) is 0 Å². The molecule has 58 valence electrons. The molecule has 0 unspecified atom stereocenters. The van der Waals surface area contributed by atoms with Crippen molar-refractivity contribution in [3.8, 4) is 0 Å². The molecular weight excluding hydrogens is 128 g/mol. The maximum atomic E-state index is 10.8. The van der Waals surface area contributed by atoms with Crippen molar-refractivity contribution in [2.75, 3.05) is 20.1 Å². The van der Waals surface area contributed by atoms with Crippen LogP contribution in [0.25, 0.3) is 0 Å². The van der Waals surface area contributed by atoms with E-state index in [0.29, 0.717) is 25.9 Å². The van der Waals surface area contributed by atoms with Gasteiger partial charge in [-0.05, 0) is 32.9 Å². The van der Waals surface area contributed by atoms with E-state index < -0.39 is 6.98 Å². The van der Waals surface area contributed by atoms with E-state index in [0.717, 1.165) is 0 Å². The number of nitrogens with zero attached hydrogens (tertiary/aromatic N) is 1. The van der Waals surface area contributed by atoms with Gasteiger partial charge in [0.05, 0.1) is 0 Å². The summed E-state index contributed by atoms with van der Waals surface area (Å²) >= 11 is 0. The monoisotopic (exact) mass is 145 g/mol. The van der Waals surface area contributed by atoms with Gasteiger partial charge in [0.1, 0.15) is 0 Å². The first-order valence-electron chi connectivity index (χ1n) is 4.95. The molecule has 1 rings (SSSR count). The van der Waals surface area contributed by atoms with Crippen molar-refractivity contribution in [1.29, 1.82) is 0 Å². The molecule has 0 bridgehead atoms. The number of hydrogen-bond acceptors (Lipinski definition) is 2. The van der Waals surface area contributed by atoms with Crippen LogP contribution in [0.2, 0.25) is 0 Å². The van der Waals surface area contributed by atoms with E-state index in [1.807, 2.05) is 0 Å². The summed E-state index contributed by atoms with van der Waals surface area (Å²) in [6, 6.07) is 0. The third-order valence-electron chi connectivity index (χ3n) is 1.90. The molecule has 0 aromatic carbocycles. The average molecular weight is 145 g/mol. The fourth-order valence-electron chi connectivity index (χ4n) is 1.16. The SMILES string of the molecule is [2H]C([2H])([2H])N1CCC(C(N)=O)CC1. The summed E-state index contributed by atoms with van der Waals surface area (Å²) in [4.78, 5) is 12.2. The molecule has 0 saturated carbocycles. The van der Waals surface area contributed by atoms with Crippen LogP contribution in [0.1, 0.15) is 17.0 Å². The highest BCUT2D eigenvalue weighted by Crippen LogP contribution is 2.14. The number of likely N-dealkylation sites (tertiary alicyclic amines) is 1. The van der Waals surface area contributed by atoms with E-state index in [2.05, 4.69) is 0 Å².